The molecule has 3 N–H and O–H groups in total. The van der Waals surface area contributed by atoms with Crippen molar-refractivity contribution in [2.24, 2.45) is 10.7 Å². The third-order valence-corrected chi connectivity index (χ3v) is 2.91. The molecule has 0 heterocycles. The Morgan fingerprint density at radius 2 is 2.05 bits per heavy atom. The molecule has 0 radical (unpaired) electrons. The summed E-state index contributed by atoms with van der Waals surface area (Å²) < 4.78 is 10.6. The second kappa shape index (κ2) is 9.68. The SMILES string of the molecule is CCC(C)NC(N)=NCc1cccc(OC)c1OC.I. The zero-order valence-corrected chi connectivity index (χ0v) is 14.8. The molecule has 1 unspecified atom stereocenters. The quantitative estimate of drug-likeness (QED) is 0.443. The molecule has 20 heavy (non-hydrogen) atoms. The first kappa shape index (κ1) is 18.8. The molecule has 5 nitrogen and oxygen atoms in total. The number of nitrogens with zero attached hydrogens (tertiary/aromatic N) is 1. The fraction of sp³-hybridized carbons (Fsp3) is 0.500. The van der Waals surface area contributed by atoms with Gasteiger partial charge >= 0.3 is 0 Å². The number of ether oxygens (including phenoxy) is 2. The Hall–Kier alpha value is -1.18. The van der Waals surface area contributed by atoms with Crippen LogP contribution in [0.4, 0.5) is 0 Å². The number of rotatable bonds is 6. The molecule has 0 spiro atoms. The number of benzene rings is 1. The number of aliphatic imine (C=N–C) groups is 1. The van der Waals surface area contributed by atoms with E-state index in [-0.39, 0.29) is 24.0 Å². The smallest absolute Gasteiger partial charge is 0.189 e. The van der Waals surface area contributed by atoms with Gasteiger partial charge in [-0.2, -0.15) is 0 Å². The minimum absolute atomic E-state index is 0. The van der Waals surface area contributed by atoms with Gasteiger partial charge in [0.2, 0.25) is 0 Å². The maximum atomic E-state index is 5.83. The molecule has 0 amide bonds. The highest BCUT2D eigenvalue weighted by Crippen LogP contribution is 2.30. The standard InChI is InChI=1S/C14H23N3O2.HI/c1-5-10(2)17-14(15)16-9-11-7-6-8-12(18-3)13(11)19-4;/h6-8,10H,5,9H2,1-4H3,(H3,15,16,17);1H. The zero-order chi connectivity index (χ0) is 14.3. The minimum Gasteiger partial charge on any atom is -0.493 e. The van der Waals surface area contributed by atoms with Gasteiger partial charge in [-0.05, 0) is 19.4 Å². The predicted molar refractivity (Wildman–Crippen MR) is 93.2 cm³/mol. The first-order valence-electron chi connectivity index (χ1n) is 6.38. The second-order valence-electron chi connectivity index (χ2n) is 4.31. The summed E-state index contributed by atoms with van der Waals surface area (Å²) in [5, 5.41) is 3.12. The Morgan fingerprint density at radius 3 is 2.60 bits per heavy atom. The fourth-order valence-electron chi connectivity index (χ4n) is 1.65. The third-order valence-electron chi connectivity index (χ3n) is 2.91. The monoisotopic (exact) mass is 393 g/mol. The summed E-state index contributed by atoms with van der Waals surface area (Å²) in [6.07, 6.45) is 0.999. The first-order valence-corrected chi connectivity index (χ1v) is 6.38. The molecule has 0 bridgehead atoms. The molecule has 0 aliphatic heterocycles. The summed E-state index contributed by atoms with van der Waals surface area (Å²) in [5.41, 5.74) is 6.77. The van der Waals surface area contributed by atoms with E-state index in [2.05, 4.69) is 24.2 Å². The molecular formula is C14H24IN3O2. The average molecular weight is 393 g/mol. The number of hydrogen-bond acceptors (Lipinski definition) is 3. The van der Waals surface area contributed by atoms with Crippen molar-refractivity contribution in [3.8, 4) is 11.5 Å². The first-order chi connectivity index (χ1) is 9.12. The molecule has 0 aliphatic carbocycles. The average Bonchev–Trinajstić information content (AvgIpc) is 2.44. The molecular weight excluding hydrogens is 369 g/mol. The molecule has 6 heteroatoms. The lowest BCUT2D eigenvalue weighted by Gasteiger charge is -2.13. The maximum absolute atomic E-state index is 5.83. The molecule has 0 fully saturated rings. The Kier molecular flexibility index (Phi) is 9.11. The summed E-state index contributed by atoms with van der Waals surface area (Å²) in [7, 11) is 3.23. The minimum atomic E-state index is 0. The van der Waals surface area contributed by atoms with E-state index in [0.717, 1.165) is 12.0 Å². The lowest BCUT2D eigenvalue weighted by Crippen LogP contribution is -2.38. The van der Waals surface area contributed by atoms with Crippen LogP contribution in [0.2, 0.25) is 0 Å². The van der Waals surface area contributed by atoms with E-state index in [9.17, 15) is 0 Å². The van der Waals surface area contributed by atoms with Crippen molar-refractivity contribution in [2.75, 3.05) is 14.2 Å². The number of hydrogen-bond donors (Lipinski definition) is 2. The Bertz CT molecular complexity index is 438. The number of nitrogens with two attached hydrogens (primary N) is 1. The molecule has 114 valence electrons. The van der Waals surface area contributed by atoms with E-state index in [4.69, 9.17) is 15.2 Å². The van der Waals surface area contributed by atoms with Crippen molar-refractivity contribution in [1.29, 1.82) is 0 Å². The van der Waals surface area contributed by atoms with Crippen molar-refractivity contribution in [3.63, 3.8) is 0 Å². The molecule has 1 atom stereocenters. The van der Waals surface area contributed by atoms with E-state index < -0.39 is 0 Å². The fourth-order valence-corrected chi connectivity index (χ4v) is 1.65. The van der Waals surface area contributed by atoms with Gasteiger partial charge in [-0.1, -0.05) is 19.1 Å². The van der Waals surface area contributed by atoms with Crippen LogP contribution in [0, 0.1) is 0 Å². The van der Waals surface area contributed by atoms with E-state index in [0.29, 0.717) is 30.0 Å². The highest BCUT2D eigenvalue weighted by Gasteiger charge is 2.09. The van der Waals surface area contributed by atoms with Crippen molar-refractivity contribution in [2.45, 2.75) is 32.9 Å². The Labute approximate surface area is 138 Å². The van der Waals surface area contributed by atoms with Crippen LogP contribution in [0.5, 0.6) is 11.5 Å². The molecule has 1 aromatic rings. The highest BCUT2D eigenvalue weighted by molar-refractivity contribution is 14.0. The lowest BCUT2D eigenvalue weighted by atomic mass is 10.2. The molecule has 0 saturated heterocycles. The second-order valence-corrected chi connectivity index (χ2v) is 4.31. The van der Waals surface area contributed by atoms with Gasteiger partial charge in [0.1, 0.15) is 0 Å². The summed E-state index contributed by atoms with van der Waals surface area (Å²) in [6, 6.07) is 6.02. The zero-order valence-electron chi connectivity index (χ0n) is 12.5. The van der Waals surface area contributed by atoms with Crippen LogP contribution in [0.25, 0.3) is 0 Å². The van der Waals surface area contributed by atoms with Crippen molar-refractivity contribution >= 4 is 29.9 Å². The van der Waals surface area contributed by atoms with Crippen LogP contribution in [-0.2, 0) is 6.54 Å². The van der Waals surface area contributed by atoms with Crippen molar-refractivity contribution < 1.29 is 9.47 Å². The van der Waals surface area contributed by atoms with Gasteiger partial charge < -0.3 is 20.5 Å². The van der Waals surface area contributed by atoms with Gasteiger partial charge in [-0.25, -0.2) is 4.99 Å². The number of methoxy groups -OCH3 is 2. The number of guanidine groups is 1. The van der Waals surface area contributed by atoms with Crippen LogP contribution in [0.1, 0.15) is 25.8 Å². The topological polar surface area (TPSA) is 68.9 Å². The lowest BCUT2D eigenvalue weighted by molar-refractivity contribution is 0.352. The molecule has 0 aromatic heterocycles. The summed E-state index contributed by atoms with van der Waals surface area (Å²) in [5.74, 6) is 1.84. The summed E-state index contributed by atoms with van der Waals surface area (Å²) >= 11 is 0. The largest absolute Gasteiger partial charge is 0.493 e. The maximum Gasteiger partial charge on any atom is 0.189 e. The van der Waals surface area contributed by atoms with Gasteiger partial charge in [0, 0.05) is 11.6 Å². The van der Waals surface area contributed by atoms with E-state index >= 15 is 0 Å². The molecule has 1 aromatic carbocycles. The van der Waals surface area contributed by atoms with Crippen molar-refractivity contribution in [3.05, 3.63) is 23.8 Å². The number of nitrogens with one attached hydrogen (secondary N) is 1. The van der Waals surface area contributed by atoms with Crippen LogP contribution >= 0.6 is 24.0 Å². The Balaban J connectivity index is 0.00000361. The highest BCUT2D eigenvalue weighted by atomic mass is 127. The predicted octanol–water partition coefficient (Wildman–Crippen LogP) is 2.52. The Morgan fingerprint density at radius 1 is 1.35 bits per heavy atom. The third kappa shape index (κ3) is 5.44. The normalized spacial score (nSPS) is 12.3. The summed E-state index contributed by atoms with van der Waals surface area (Å²) in [6.45, 7) is 4.61. The van der Waals surface area contributed by atoms with E-state index in [1.807, 2.05) is 18.2 Å². The van der Waals surface area contributed by atoms with Crippen molar-refractivity contribution in [1.82, 2.24) is 5.32 Å². The molecule has 0 aliphatic rings. The van der Waals surface area contributed by atoms with Crippen LogP contribution in [0.3, 0.4) is 0 Å². The summed E-state index contributed by atoms with van der Waals surface area (Å²) in [4.78, 5) is 4.31. The van der Waals surface area contributed by atoms with Crippen LogP contribution < -0.4 is 20.5 Å². The van der Waals surface area contributed by atoms with E-state index in [1.165, 1.54) is 0 Å². The van der Waals surface area contributed by atoms with Gasteiger partial charge in [0.25, 0.3) is 0 Å². The molecule has 0 saturated carbocycles. The van der Waals surface area contributed by atoms with Crippen LogP contribution in [-0.4, -0.2) is 26.2 Å². The number of halogens is 1. The van der Waals surface area contributed by atoms with Gasteiger partial charge in [-0.3, -0.25) is 0 Å². The van der Waals surface area contributed by atoms with Crippen LogP contribution in [0.15, 0.2) is 23.2 Å². The van der Waals surface area contributed by atoms with Gasteiger partial charge in [-0.15, -0.1) is 24.0 Å². The van der Waals surface area contributed by atoms with Gasteiger partial charge in [0.05, 0.1) is 20.8 Å². The van der Waals surface area contributed by atoms with Gasteiger partial charge in [0.15, 0.2) is 17.5 Å². The molecule has 1 rings (SSSR count). The van der Waals surface area contributed by atoms with E-state index in [1.54, 1.807) is 14.2 Å². The number of para-hydroxylation sites is 1.